The van der Waals surface area contributed by atoms with Crippen LogP contribution in [-0.4, -0.2) is 0 Å². The average molecular weight is 238 g/mol. The highest BCUT2D eigenvalue weighted by molar-refractivity contribution is 5.32. The van der Waals surface area contributed by atoms with E-state index >= 15 is 0 Å². The topological polar surface area (TPSA) is 24.7 Å². The standard InChI is InChI=1S/C16H18N2/c1-2-8-14(9-3-1)16(12-6-7-13-16)18-17-15-10-4-5-11-15/h1-3,6,8-10,12H,4-5,7,11,13H2. The Kier molecular flexibility index (Phi) is 3.09. The van der Waals surface area contributed by atoms with Gasteiger partial charge in [-0.1, -0.05) is 48.6 Å². The Bertz CT molecular complexity index is 499. The second-order valence-corrected chi connectivity index (χ2v) is 5.02. The summed E-state index contributed by atoms with van der Waals surface area (Å²) in [6.07, 6.45) is 12.2. The lowest BCUT2D eigenvalue weighted by Crippen LogP contribution is -2.17. The normalized spacial score (nSPS) is 27.0. The van der Waals surface area contributed by atoms with Gasteiger partial charge in [-0.2, -0.15) is 10.2 Å². The van der Waals surface area contributed by atoms with Crippen LogP contribution in [0.3, 0.4) is 0 Å². The third-order valence-corrected chi connectivity index (χ3v) is 3.73. The molecule has 0 aliphatic heterocycles. The third kappa shape index (κ3) is 2.15. The van der Waals surface area contributed by atoms with E-state index in [1.807, 2.05) is 6.07 Å². The van der Waals surface area contributed by atoms with Crippen molar-refractivity contribution in [2.24, 2.45) is 10.2 Å². The van der Waals surface area contributed by atoms with Gasteiger partial charge in [0.15, 0.2) is 0 Å². The molecule has 0 amide bonds. The molecule has 2 aliphatic carbocycles. The molecular formula is C16H18N2. The van der Waals surface area contributed by atoms with E-state index in [1.165, 1.54) is 12.0 Å². The maximum Gasteiger partial charge on any atom is 0.125 e. The lowest BCUT2D eigenvalue weighted by atomic mass is 9.90. The smallest absolute Gasteiger partial charge is 0.125 e. The van der Waals surface area contributed by atoms with E-state index < -0.39 is 0 Å². The van der Waals surface area contributed by atoms with Gasteiger partial charge in [-0.15, -0.1) is 0 Å². The molecule has 0 radical (unpaired) electrons. The molecule has 0 saturated heterocycles. The fraction of sp³-hybridized carbons (Fsp3) is 0.375. The number of benzene rings is 1. The van der Waals surface area contributed by atoms with E-state index in [4.69, 9.17) is 0 Å². The van der Waals surface area contributed by atoms with Gasteiger partial charge < -0.3 is 0 Å². The monoisotopic (exact) mass is 238 g/mol. The van der Waals surface area contributed by atoms with E-state index in [2.05, 4.69) is 52.7 Å². The highest BCUT2D eigenvalue weighted by atomic mass is 15.2. The minimum absolute atomic E-state index is 0.218. The van der Waals surface area contributed by atoms with E-state index in [1.54, 1.807) is 0 Å². The summed E-state index contributed by atoms with van der Waals surface area (Å²) in [5, 5.41) is 9.17. The van der Waals surface area contributed by atoms with Crippen molar-refractivity contribution in [3.8, 4) is 0 Å². The molecule has 1 unspecified atom stereocenters. The molecule has 2 heteroatoms. The molecule has 2 aliphatic rings. The highest BCUT2D eigenvalue weighted by Crippen LogP contribution is 2.38. The summed E-state index contributed by atoms with van der Waals surface area (Å²) in [4.78, 5) is 0. The van der Waals surface area contributed by atoms with Gasteiger partial charge in [0.05, 0.1) is 5.70 Å². The molecule has 0 aromatic heterocycles. The van der Waals surface area contributed by atoms with Crippen molar-refractivity contribution >= 4 is 0 Å². The average Bonchev–Trinajstić information content (AvgIpc) is 3.10. The van der Waals surface area contributed by atoms with E-state index in [9.17, 15) is 0 Å². The second kappa shape index (κ2) is 4.89. The molecule has 0 heterocycles. The summed E-state index contributed by atoms with van der Waals surface area (Å²) in [7, 11) is 0. The molecular weight excluding hydrogens is 220 g/mol. The summed E-state index contributed by atoms with van der Waals surface area (Å²) < 4.78 is 0. The van der Waals surface area contributed by atoms with Crippen LogP contribution >= 0.6 is 0 Å². The van der Waals surface area contributed by atoms with Crippen LogP contribution < -0.4 is 0 Å². The maximum atomic E-state index is 4.68. The number of nitrogens with zero attached hydrogens (tertiary/aromatic N) is 2. The van der Waals surface area contributed by atoms with Gasteiger partial charge in [0.1, 0.15) is 5.54 Å². The lowest BCUT2D eigenvalue weighted by Gasteiger charge is -2.21. The van der Waals surface area contributed by atoms with Crippen LogP contribution in [0.25, 0.3) is 0 Å². The van der Waals surface area contributed by atoms with E-state index in [0.717, 1.165) is 31.4 Å². The molecule has 18 heavy (non-hydrogen) atoms. The zero-order valence-corrected chi connectivity index (χ0v) is 10.5. The molecule has 0 saturated carbocycles. The largest absolute Gasteiger partial charge is 0.173 e. The van der Waals surface area contributed by atoms with Gasteiger partial charge in [-0.3, -0.25) is 0 Å². The Balaban J connectivity index is 1.90. The van der Waals surface area contributed by atoms with Crippen LogP contribution in [-0.2, 0) is 5.54 Å². The van der Waals surface area contributed by atoms with Crippen LogP contribution in [0.1, 0.15) is 37.7 Å². The third-order valence-electron chi connectivity index (χ3n) is 3.73. The van der Waals surface area contributed by atoms with Crippen molar-refractivity contribution in [1.82, 2.24) is 0 Å². The van der Waals surface area contributed by atoms with Crippen LogP contribution in [0.15, 0.2) is 64.5 Å². The van der Waals surface area contributed by atoms with Gasteiger partial charge in [0.25, 0.3) is 0 Å². The fourth-order valence-electron chi connectivity index (χ4n) is 2.67. The molecule has 0 N–H and O–H groups in total. The Morgan fingerprint density at radius 2 is 1.94 bits per heavy atom. The summed E-state index contributed by atoms with van der Waals surface area (Å²) >= 11 is 0. The first kappa shape index (κ1) is 11.4. The number of allylic oxidation sites excluding steroid dienone is 3. The Hall–Kier alpha value is -1.70. The predicted octanol–water partition coefficient (Wildman–Crippen LogP) is 4.75. The van der Waals surface area contributed by atoms with Crippen molar-refractivity contribution in [2.75, 3.05) is 0 Å². The van der Waals surface area contributed by atoms with Crippen LogP contribution in [0.5, 0.6) is 0 Å². The molecule has 0 spiro atoms. The number of rotatable bonds is 3. The zero-order chi connectivity index (χ0) is 12.3. The fourth-order valence-corrected chi connectivity index (χ4v) is 2.67. The van der Waals surface area contributed by atoms with Gasteiger partial charge in [-0.25, -0.2) is 0 Å². The summed E-state index contributed by atoms with van der Waals surface area (Å²) in [6, 6.07) is 10.5. The van der Waals surface area contributed by atoms with Crippen LogP contribution in [0, 0.1) is 0 Å². The second-order valence-electron chi connectivity index (χ2n) is 5.02. The molecule has 3 rings (SSSR count). The number of hydrogen-bond donors (Lipinski definition) is 0. The first-order valence-electron chi connectivity index (χ1n) is 6.74. The van der Waals surface area contributed by atoms with Crippen molar-refractivity contribution < 1.29 is 0 Å². The quantitative estimate of drug-likeness (QED) is 0.536. The minimum Gasteiger partial charge on any atom is -0.173 e. The number of hydrogen-bond acceptors (Lipinski definition) is 2. The van der Waals surface area contributed by atoms with Gasteiger partial charge in [0.2, 0.25) is 0 Å². The van der Waals surface area contributed by atoms with Crippen molar-refractivity contribution in [1.29, 1.82) is 0 Å². The molecule has 0 bridgehead atoms. The predicted molar refractivity (Wildman–Crippen MR) is 73.3 cm³/mol. The Morgan fingerprint density at radius 3 is 2.61 bits per heavy atom. The van der Waals surface area contributed by atoms with Crippen LogP contribution in [0.2, 0.25) is 0 Å². The zero-order valence-electron chi connectivity index (χ0n) is 10.5. The summed E-state index contributed by atoms with van der Waals surface area (Å²) in [5.74, 6) is 0. The minimum atomic E-state index is -0.218. The van der Waals surface area contributed by atoms with Gasteiger partial charge >= 0.3 is 0 Å². The molecule has 1 aromatic rings. The summed E-state index contributed by atoms with van der Waals surface area (Å²) in [6.45, 7) is 0. The SMILES string of the molecule is C1=CC(N=NC2=CCCC2)(c2ccccc2)CC1. The van der Waals surface area contributed by atoms with E-state index in [-0.39, 0.29) is 5.54 Å². The molecule has 92 valence electrons. The first-order valence-corrected chi connectivity index (χ1v) is 6.74. The highest BCUT2D eigenvalue weighted by Gasteiger charge is 2.31. The van der Waals surface area contributed by atoms with Crippen molar-refractivity contribution in [2.45, 2.75) is 37.6 Å². The number of azo groups is 1. The van der Waals surface area contributed by atoms with Crippen molar-refractivity contribution in [3.63, 3.8) is 0 Å². The van der Waals surface area contributed by atoms with E-state index in [0.29, 0.717) is 0 Å². The van der Waals surface area contributed by atoms with Crippen molar-refractivity contribution in [3.05, 3.63) is 59.8 Å². The van der Waals surface area contributed by atoms with Gasteiger partial charge in [0, 0.05) is 0 Å². The Morgan fingerprint density at radius 1 is 1.06 bits per heavy atom. The summed E-state index contributed by atoms with van der Waals surface area (Å²) in [5.41, 5.74) is 2.19. The first-order chi connectivity index (χ1) is 8.89. The molecule has 0 fully saturated rings. The van der Waals surface area contributed by atoms with Crippen LogP contribution in [0.4, 0.5) is 0 Å². The molecule has 1 aromatic carbocycles. The van der Waals surface area contributed by atoms with Gasteiger partial charge in [-0.05, 0) is 37.7 Å². The molecule has 2 nitrogen and oxygen atoms in total. The lowest BCUT2D eigenvalue weighted by molar-refractivity contribution is 0.519. The maximum absolute atomic E-state index is 4.68. The Labute approximate surface area is 108 Å². The molecule has 1 atom stereocenters.